The SMILES string of the molecule is COc1ccc(CN2CCNC(c3ccccc3Br)C2)cc1. The highest BCUT2D eigenvalue weighted by Crippen LogP contribution is 2.26. The zero-order valence-electron chi connectivity index (χ0n) is 12.8. The third-order valence-electron chi connectivity index (χ3n) is 4.11. The van der Waals surface area contributed by atoms with E-state index in [1.807, 2.05) is 12.1 Å². The maximum atomic E-state index is 5.22. The monoisotopic (exact) mass is 360 g/mol. The highest BCUT2D eigenvalue weighted by molar-refractivity contribution is 9.10. The van der Waals surface area contributed by atoms with E-state index in [9.17, 15) is 0 Å². The van der Waals surface area contributed by atoms with Gasteiger partial charge < -0.3 is 10.1 Å². The average Bonchev–Trinajstić information content (AvgIpc) is 2.56. The van der Waals surface area contributed by atoms with Gasteiger partial charge in [-0.15, -0.1) is 0 Å². The molecule has 4 heteroatoms. The number of halogens is 1. The summed E-state index contributed by atoms with van der Waals surface area (Å²) in [6.45, 7) is 4.09. The van der Waals surface area contributed by atoms with Crippen LogP contribution in [0.4, 0.5) is 0 Å². The van der Waals surface area contributed by atoms with E-state index in [1.54, 1.807) is 7.11 Å². The Labute approximate surface area is 140 Å². The molecule has 0 aromatic heterocycles. The second kappa shape index (κ2) is 7.27. The van der Waals surface area contributed by atoms with Gasteiger partial charge in [-0.1, -0.05) is 46.3 Å². The number of hydrogen-bond acceptors (Lipinski definition) is 3. The summed E-state index contributed by atoms with van der Waals surface area (Å²) in [7, 11) is 1.70. The van der Waals surface area contributed by atoms with Crippen LogP contribution in [0.5, 0.6) is 5.75 Å². The van der Waals surface area contributed by atoms with Gasteiger partial charge in [0.25, 0.3) is 0 Å². The topological polar surface area (TPSA) is 24.5 Å². The lowest BCUT2D eigenvalue weighted by Crippen LogP contribution is -2.45. The quantitative estimate of drug-likeness (QED) is 0.901. The van der Waals surface area contributed by atoms with Gasteiger partial charge in [0, 0.05) is 36.7 Å². The van der Waals surface area contributed by atoms with E-state index in [4.69, 9.17) is 4.74 Å². The standard InChI is InChI=1S/C18H21BrN2O/c1-22-15-8-6-14(7-9-15)12-21-11-10-20-18(13-21)16-4-2-3-5-17(16)19/h2-9,18,20H,10-13H2,1H3. The molecule has 0 amide bonds. The summed E-state index contributed by atoms with van der Waals surface area (Å²) in [4.78, 5) is 2.50. The zero-order valence-corrected chi connectivity index (χ0v) is 14.3. The minimum absolute atomic E-state index is 0.377. The first kappa shape index (κ1) is 15.5. The molecule has 3 rings (SSSR count). The molecule has 2 aromatic rings. The van der Waals surface area contributed by atoms with Crippen molar-refractivity contribution in [2.45, 2.75) is 12.6 Å². The van der Waals surface area contributed by atoms with E-state index < -0.39 is 0 Å². The highest BCUT2D eigenvalue weighted by Gasteiger charge is 2.22. The van der Waals surface area contributed by atoms with Crippen molar-refractivity contribution in [1.29, 1.82) is 0 Å². The first-order valence-corrected chi connectivity index (χ1v) is 8.38. The number of hydrogen-bond donors (Lipinski definition) is 1. The van der Waals surface area contributed by atoms with Crippen LogP contribution < -0.4 is 10.1 Å². The number of rotatable bonds is 4. The van der Waals surface area contributed by atoms with E-state index in [0.717, 1.165) is 31.9 Å². The molecule has 1 fully saturated rings. The molecule has 1 unspecified atom stereocenters. The highest BCUT2D eigenvalue weighted by atomic mass is 79.9. The molecule has 0 spiro atoms. The van der Waals surface area contributed by atoms with Crippen molar-refractivity contribution in [2.75, 3.05) is 26.7 Å². The Morgan fingerprint density at radius 2 is 1.95 bits per heavy atom. The van der Waals surface area contributed by atoms with Crippen molar-refractivity contribution in [3.05, 3.63) is 64.1 Å². The molecule has 1 heterocycles. The third-order valence-corrected chi connectivity index (χ3v) is 4.83. The Morgan fingerprint density at radius 1 is 1.18 bits per heavy atom. The first-order valence-electron chi connectivity index (χ1n) is 7.59. The third kappa shape index (κ3) is 3.69. The number of nitrogens with one attached hydrogen (secondary N) is 1. The van der Waals surface area contributed by atoms with Crippen LogP contribution in [0.2, 0.25) is 0 Å². The molecule has 116 valence electrons. The number of benzene rings is 2. The maximum absolute atomic E-state index is 5.22. The lowest BCUT2D eigenvalue weighted by Gasteiger charge is -2.34. The molecule has 1 aliphatic heterocycles. The summed E-state index contributed by atoms with van der Waals surface area (Å²) < 4.78 is 6.40. The Hall–Kier alpha value is -1.36. The van der Waals surface area contributed by atoms with Crippen LogP contribution in [0.15, 0.2) is 53.0 Å². The fourth-order valence-corrected chi connectivity index (χ4v) is 3.47. The summed E-state index contributed by atoms with van der Waals surface area (Å²) in [5.74, 6) is 0.912. The molecule has 1 saturated heterocycles. The Kier molecular flexibility index (Phi) is 5.13. The van der Waals surface area contributed by atoms with E-state index in [2.05, 4.69) is 62.5 Å². The summed E-state index contributed by atoms with van der Waals surface area (Å²) in [6.07, 6.45) is 0. The normalized spacial score (nSPS) is 19.1. The predicted octanol–water partition coefficient (Wildman–Crippen LogP) is 3.60. The van der Waals surface area contributed by atoms with Crippen molar-refractivity contribution in [3.8, 4) is 5.75 Å². The number of nitrogens with zero attached hydrogens (tertiary/aromatic N) is 1. The first-order chi connectivity index (χ1) is 10.8. The number of ether oxygens (including phenoxy) is 1. The average molecular weight is 361 g/mol. The van der Waals surface area contributed by atoms with E-state index in [-0.39, 0.29) is 0 Å². The van der Waals surface area contributed by atoms with Crippen molar-refractivity contribution < 1.29 is 4.74 Å². The van der Waals surface area contributed by atoms with Crippen LogP contribution in [0.3, 0.4) is 0 Å². The minimum atomic E-state index is 0.377. The molecule has 3 nitrogen and oxygen atoms in total. The van der Waals surface area contributed by atoms with Crippen LogP contribution in [0.1, 0.15) is 17.2 Å². The summed E-state index contributed by atoms with van der Waals surface area (Å²) in [5, 5.41) is 3.62. The maximum Gasteiger partial charge on any atom is 0.118 e. The molecule has 1 atom stereocenters. The molecule has 1 N–H and O–H groups in total. The van der Waals surface area contributed by atoms with Gasteiger partial charge in [0.05, 0.1) is 7.11 Å². The largest absolute Gasteiger partial charge is 0.497 e. The van der Waals surface area contributed by atoms with E-state index in [1.165, 1.54) is 15.6 Å². The Morgan fingerprint density at radius 3 is 2.68 bits per heavy atom. The Balaban J connectivity index is 1.66. The van der Waals surface area contributed by atoms with Crippen LogP contribution in [-0.2, 0) is 6.54 Å². The van der Waals surface area contributed by atoms with Crippen LogP contribution in [0, 0.1) is 0 Å². The van der Waals surface area contributed by atoms with Crippen LogP contribution in [0.25, 0.3) is 0 Å². The molecule has 0 saturated carbocycles. The van der Waals surface area contributed by atoms with E-state index >= 15 is 0 Å². The smallest absolute Gasteiger partial charge is 0.118 e. The van der Waals surface area contributed by atoms with Crippen molar-refractivity contribution in [3.63, 3.8) is 0 Å². The lowest BCUT2D eigenvalue weighted by molar-refractivity contribution is 0.193. The van der Waals surface area contributed by atoms with Crippen LogP contribution in [-0.4, -0.2) is 31.6 Å². The van der Waals surface area contributed by atoms with Gasteiger partial charge in [-0.05, 0) is 29.3 Å². The predicted molar refractivity (Wildman–Crippen MR) is 93.2 cm³/mol. The number of piperazine rings is 1. The number of methoxy groups -OCH3 is 1. The summed E-state index contributed by atoms with van der Waals surface area (Å²) in [5.41, 5.74) is 2.66. The molecule has 0 aliphatic carbocycles. The fourth-order valence-electron chi connectivity index (χ4n) is 2.91. The fraction of sp³-hybridized carbons (Fsp3) is 0.333. The molecule has 2 aromatic carbocycles. The molecular weight excluding hydrogens is 340 g/mol. The second-order valence-electron chi connectivity index (χ2n) is 5.61. The zero-order chi connectivity index (χ0) is 15.4. The van der Waals surface area contributed by atoms with Gasteiger partial charge >= 0.3 is 0 Å². The molecule has 0 radical (unpaired) electrons. The van der Waals surface area contributed by atoms with Gasteiger partial charge in [0.1, 0.15) is 5.75 Å². The van der Waals surface area contributed by atoms with Crippen molar-refractivity contribution in [2.24, 2.45) is 0 Å². The van der Waals surface area contributed by atoms with Gasteiger partial charge in [0.15, 0.2) is 0 Å². The molecular formula is C18H21BrN2O. The lowest BCUT2D eigenvalue weighted by atomic mass is 10.0. The van der Waals surface area contributed by atoms with Gasteiger partial charge in [0.2, 0.25) is 0 Å². The Bertz CT molecular complexity index is 615. The molecule has 0 bridgehead atoms. The minimum Gasteiger partial charge on any atom is -0.497 e. The van der Waals surface area contributed by atoms with Gasteiger partial charge in [-0.3, -0.25) is 4.90 Å². The van der Waals surface area contributed by atoms with Crippen molar-refractivity contribution >= 4 is 15.9 Å². The van der Waals surface area contributed by atoms with Gasteiger partial charge in [-0.2, -0.15) is 0 Å². The van der Waals surface area contributed by atoms with Crippen molar-refractivity contribution in [1.82, 2.24) is 10.2 Å². The molecule has 22 heavy (non-hydrogen) atoms. The van der Waals surface area contributed by atoms with Crippen LogP contribution >= 0.6 is 15.9 Å². The van der Waals surface area contributed by atoms with E-state index in [0.29, 0.717) is 6.04 Å². The summed E-state index contributed by atoms with van der Waals surface area (Å²) in [6, 6.07) is 17.2. The van der Waals surface area contributed by atoms with Gasteiger partial charge in [-0.25, -0.2) is 0 Å². The summed E-state index contributed by atoms with van der Waals surface area (Å²) >= 11 is 3.66. The molecule has 1 aliphatic rings. The second-order valence-corrected chi connectivity index (χ2v) is 6.47.